The summed E-state index contributed by atoms with van der Waals surface area (Å²) in [5.41, 5.74) is 2.51. The lowest BCUT2D eigenvalue weighted by Crippen LogP contribution is -2.30. The maximum absolute atomic E-state index is 13.6. The third kappa shape index (κ3) is 3.52. The molecule has 2 heterocycles. The summed E-state index contributed by atoms with van der Waals surface area (Å²) in [5.74, 6) is -0.927. The molecule has 0 spiro atoms. The Morgan fingerprint density at radius 1 is 1.42 bits per heavy atom. The lowest BCUT2D eigenvalue weighted by molar-refractivity contribution is 0.0933. The third-order valence-electron chi connectivity index (χ3n) is 3.88. The molecule has 0 bridgehead atoms. The van der Waals surface area contributed by atoms with Gasteiger partial charge in [0.25, 0.3) is 5.91 Å². The Kier molecular flexibility index (Phi) is 6.09. The molecule has 24 heavy (non-hydrogen) atoms. The van der Waals surface area contributed by atoms with Crippen LogP contribution >= 0.6 is 35.6 Å². The van der Waals surface area contributed by atoms with Gasteiger partial charge < -0.3 is 10.6 Å². The molecule has 0 fully saturated rings. The van der Waals surface area contributed by atoms with Gasteiger partial charge in [0.15, 0.2) is 5.69 Å². The first kappa shape index (κ1) is 19.0. The van der Waals surface area contributed by atoms with Crippen molar-refractivity contribution in [1.82, 2.24) is 20.8 Å². The number of nitrogens with zero attached hydrogens (tertiary/aromatic N) is 1. The average Bonchev–Trinajstić information content (AvgIpc) is 2.95. The number of carbonyl (C=O) groups is 1. The largest absolute Gasteiger partial charge is 0.344 e. The fourth-order valence-corrected chi connectivity index (χ4v) is 3.39. The van der Waals surface area contributed by atoms with Crippen LogP contribution in [-0.2, 0) is 13.0 Å². The third-order valence-corrected chi connectivity index (χ3v) is 4.60. The first-order valence-corrected chi connectivity index (χ1v) is 7.95. The monoisotopic (exact) mass is 392 g/mol. The van der Waals surface area contributed by atoms with Gasteiger partial charge in [0.1, 0.15) is 5.82 Å². The predicted molar refractivity (Wildman–Crippen MR) is 93.5 cm³/mol. The van der Waals surface area contributed by atoms with E-state index in [-0.39, 0.29) is 23.3 Å². The molecule has 3 N–H and O–H groups in total. The van der Waals surface area contributed by atoms with Gasteiger partial charge in [0.05, 0.1) is 11.1 Å². The summed E-state index contributed by atoms with van der Waals surface area (Å²) in [4.78, 5) is 12.5. The van der Waals surface area contributed by atoms with E-state index in [1.54, 1.807) is 6.92 Å². The number of benzene rings is 1. The topological polar surface area (TPSA) is 69.8 Å². The summed E-state index contributed by atoms with van der Waals surface area (Å²) in [7, 11) is 0. The van der Waals surface area contributed by atoms with Crippen molar-refractivity contribution < 1.29 is 9.18 Å². The number of hydrogen-bond donors (Lipinski definition) is 3. The molecule has 0 saturated carbocycles. The molecule has 1 atom stereocenters. The molecule has 2 aromatic rings. The van der Waals surface area contributed by atoms with Gasteiger partial charge in [-0.3, -0.25) is 9.89 Å². The van der Waals surface area contributed by atoms with Crippen molar-refractivity contribution in [3.05, 3.63) is 50.5 Å². The van der Waals surface area contributed by atoms with Crippen molar-refractivity contribution in [3.8, 4) is 0 Å². The predicted octanol–water partition coefficient (Wildman–Crippen LogP) is 3.41. The SMILES string of the molecule is CC(NC(=O)c1n[nH]c2c1CNCC2)c1c(Cl)ccc(F)c1Cl.Cl. The molecule has 0 radical (unpaired) electrons. The lowest BCUT2D eigenvalue weighted by atomic mass is 10.1. The Morgan fingerprint density at radius 2 is 2.17 bits per heavy atom. The highest BCUT2D eigenvalue weighted by Crippen LogP contribution is 2.32. The molecule has 1 amide bonds. The van der Waals surface area contributed by atoms with Crippen LogP contribution in [0, 0.1) is 5.82 Å². The summed E-state index contributed by atoms with van der Waals surface area (Å²) >= 11 is 12.1. The number of aromatic amines is 1. The molecule has 1 unspecified atom stereocenters. The second-order valence-electron chi connectivity index (χ2n) is 5.41. The molecular formula is C15H16Cl3FN4O. The van der Waals surface area contributed by atoms with Gasteiger partial charge in [-0.25, -0.2) is 4.39 Å². The Morgan fingerprint density at radius 3 is 2.92 bits per heavy atom. The molecule has 1 aliphatic rings. The van der Waals surface area contributed by atoms with Crippen molar-refractivity contribution in [3.63, 3.8) is 0 Å². The average molecular weight is 394 g/mol. The molecule has 0 saturated heterocycles. The fraction of sp³-hybridized carbons (Fsp3) is 0.333. The minimum atomic E-state index is -0.575. The molecule has 1 aliphatic heterocycles. The number of nitrogens with one attached hydrogen (secondary N) is 3. The number of fused-ring (bicyclic) bond motifs is 1. The Balaban J connectivity index is 0.00000208. The van der Waals surface area contributed by atoms with E-state index in [9.17, 15) is 9.18 Å². The van der Waals surface area contributed by atoms with Gasteiger partial charge in [-0.15, -0.1) is 12.4 Å². The van der Waals surface area contributed by atoms with Crippen LogP contribution in [0.2, 0.25) is 10.0 Å². The van der Waals surface area contributed by atoms with Gasteiger partial charge in [0.2, 0.25) is 0 Å². The fourth-order valence-electron chi connectivity index (χ4n) is 2.69. The first-order chi connectivity index (χ1) is 11.0. The van der Waals surface area contributed by atoms with Gasteiger partial charge in [-0.2, -0.15) is 5.10 Å². The van der Waals surface area contributed by atoms with E-state index in [0.717, 1.165) is 24.2 Å². The second-order valence-corrected chi connectivity index (χ2v) is 6.19. The smallest absolute Gasteiger partial charge is 0.272 e. The molecule has 0 aliphatic carbocycles. The number of amides is 1. The zero-order valence-corrected chi connectivity index (χ0v) is 15.1. The minimum Gasteiger partial charge on any atom is -0.344 e. The highest BCUT2D eigenvalue weighted by atomic mass is 35.5. The highest BCUT2D eigenvalue weighted by Gasteiger charge is 2.24. The van der Waals surface area contributed by atoms with E-state index < -0.39 is 11.9 Å². The van der Waals surface area contributed by atoms with E-state index in [4.69, 9.17) is 23.2 Å². The maximum Gasteiger partial charge on any atom is 0.272 e. The van der Waals surface area contributed by atoms with Gasteiger partial charge in [-0.1, -0.05) is 23.2 Å². The van der Waals surface area contributed by atoms with Crippen LogP contribution < -0.4 is 10.6 Å². The van der Waals surface area contributed by atoms with Crippen LogP contribution in [0.1, 0.15) is 40.3 Å². The lowest BCUT2D eigenvalue weighted by Gasteiger charge is -2.18. The summed E-state index contributed by atoms with van der Waals surface area (Å²) in [6, 6.07) is 2.06. The number of hydrogen-bond acceptors (Lipinski definition) is 3. The van der Waals surface area contributed by atoms with Crippen molar-refractivity contribution in [2.45, 2.75) is 25.9 Å². The quantitative estimate of drug-likeness (QED) is 0.700. The summed E-state index contributed by atoms with van der Waals surface area (Å²) in [6.07, 6.45) is 0.798. The molecular weight excluding hydrogens is 378 g/mol. The molecule has 1 aromatic carbocycles. The van der Waals surface area contributed by atoms with Crippen molar-refractivity contribution in [2.75, 3.05) is 6.54 Å². The van der Waals surface area contributed by atoms with Crippen LogP contribution in [0.25, 0.3) is 0 Å². The number of aromatic nitrogens is 2. The Labute approximate surface area is 154 Å². The molecule has 3 rings (SSSR count). The minimum absolute atomic E-state index is 0. The zero-order valence-electron chi connectivity index (χ0n) is 12.8. The van der Waals surface area contributed by atoms with Crippen LogP contribution in [0.15, 0.2) is 12.1 Å². The van der Waals surface area contributed by atoms with Crippen molar-refractivity contribution in [2.24, 2.45) is 0 Å². The van der Waals surface area contributed by atoms with Crippen molar-refractivity contribution >= 4 is 41.5 Å². The van der Waals surface area contributed by atoms with E-state index in [1.165, 1.54) is 12.1 Å². The standard InChI is InChI=1S/C15H15Cl2FN4O.ClH/c1-7(12-9(16)2-3-10(18)13(12)17)20-15(23)14-8-6-19-5-4-11(8)21-22-14;/h2-3,7,19H,4-6H2,1H3,(H,20,23)(H,21,22);1H. The highest BCUT2D eigenvalue weighted by molar-refractivity contribution is 6.36. The molecule has 9 heteroatoms. The maximum atomic E-state index is 13.6. The van der Waals surface area contributed by atoms with E-state index in [2.05, 4.69) is 20.8 Å². The van der Waals surface area contributed by atoms with E-state index >= 15 is 0 Å². The summed E-state index contributed by atoms with van der Waals surface area (Å²) in [5, 5.41) is 13.2. The van der Waals surface area contributed by atoms with E-state index in [1.807, 2.05) is 0 Å². The first-order valence-electron chi connectivity index (χ1n) is 7.20. The normalized spacial score (nSPS) is 14.5. The van der Waals surface area contributed by atoms with Crippen LogP contribution in [0.3, 0.4) is 0 Å². The second kappa shape index (κ2) is 7.70. The summed E-state index contributed by atoms with van der Waals surface area (Å²) in [6.45, 7) is 3.13. The van der Waals surface area contributed by atoms with Gasteiger partial charge in [-0.05, 0) is 19.1 Å². The Bertz CT molecular complexity index is 765. The number of H-pyrrole nitrogens is 1. The van der Waals surface area contributed by atoms with Crippen molar-refractivity contribution in [1.29, 1.82) is 0 Å². The molecule has 130 valence electrons. The Hall–Kier alpha value is -1.34. The summed E-state index contributed by atoms with van der Waals surface area (Å²) < 4.78 is 13.6. The van der Waals surface area contributed by atoms with Crippen LogP contribution in [0.5, 0.6) is 0 Å². The van der Waals surface area contributed by atoms with Gasteiger partial charge in [0, 0.05) is 41.4 Å². The van der Waals surface area contributed by atoms with E-state index in [0.29, 0.717) is 22.8 Å². The van der Waals surface area contributed by atoms with Gasteiger partial charge >= 0.3 is 0 Å². The van der Waals surface area contributed by atoms with Crippen LogP contribution in [-0.4, -0.2) is 22.6 Å². The zero-order chi connectivity index (χ0) is 16.6. The van der Waals surface area contributed by atoms with Crippen LogP contribution in [0.4, 0.5) is 4.39 Å². The number of halogens is 4. The number of carbonyl (C=O) groups excluding carboxylic acids is 1. The molecule has 5 nitrogen and oxygen atoms in total. The number of rotatable bonds is 3. The molecule has 1 aromatic heterocycles.